The molecule has 1 atom stereocenters. The summed E-state index contributed by atoms with van der Waals surface area (Å²) in [6.45, 7) is 7.08. The first kappa shape index (κ1) is 14.8. The van der Waals surface area contributed by atoms with Crippen molar-refractivity contribution in [3.05, 3.63) is 23.6 Å². The first-order valence-corrected chi connectivity index (χ1v) is 6.04. The van der Waals surface area contributed by atoms with Crippen molar-refractivity contribution in [1.29, 1.82) is 0 Å². The SMILES string of the molecule is C=NC1=C(C(=C)OCCC(F)F)CCCCC1O. The maximum absolute atomic E-state index is 12.0. The van der Waals surface area contributed by atoms with Gasteiger partial charge in [0, 0.05) is 12.0 Å². The Bertz CT molecular complexity index is 340. The van der Waals surface area contributed by atoms with E-state index in [0.717, 1.165) is 12.8 Å². The summed E-state index contributed by atoms with van der Waals surface area (Å²) in [5.41, 5.74) is 1.17. The molecule has 0 aromatic heterocycles. The molecule has 1 rings (SSSR count). The van der Waals surface area contributed by atoms with Crippen molar-refractivity contribution in [1.82, 2.24) is 0 Å². The average Bonchev–Trinajstić information content (AvgIpc) is 2.50. The van der Waals surface area contributed by atoms with Gasteiger partial charge in [-0.1, -0.05) is 13.0 Å². The summed E-state index contributed by atoms with van der Waals surface area (Å²) in [6.07, 6.45) is -0.303. The van der Waals surface area contributed by atoms with E-state index in [-0.39, 0.29) is 13.0 Å². The number of hydrogen-bond acceptors (Lipinski definition) is 3. The van der Waals surface area contributed by atoms with Crippen molar-refractivity contribution in [3.8, 4) is 0 Å². The number of hydrogen-bond donors (Lipinski definition) is 1. The van der Waals surface area contributed by atoms with E-state index in [0.29, 0.717) is 29.9 Å². The van der Waals surface area contributed by atoms with Crippen LogP contribution >= 0.6 is 0 Å². The van der Waals surface area contributed by atoms with Gasteiger partial charge in [-0.05, 0) is 26.0 Å². The first-order chi connectivity index (χ1) is 8.56. The third-order valence-electron chi connectivity index (χ3n) is 2.90. The van der Waals surface area contributed by atoms with Gasteiger partial charge < -0.3 is 9.84 Å². The highest BCUT2D eigenvalue weighted by atomic mass is 19.3. The maximum Gasteiger partial charge on any atom is 0.241 e. The monoisotopic (exact) mass is 259 g/mol. The average molecular weight is 259 g/mol. The lowest BCUT2D eigenvalue weighted by Gasteiger charge is -2.15. The molecule has 0 saturated carbocycles. The molecule has 1 aliphatic carbocycles. The van der Waals surface area contributed by atoms with Crippen LogP contribution in [0, 0.1) is 0 Å². The van der Waals surface area contributed by atoms with Crippen molar-refractivity contribution in [2.45, 2.75) is 44.6 Å². The van der Waals surface area contributed by atoms with Crippen LogP contribution in [0.15, 0.2) is 28.6 Å². The van der Waals surface area contributed by atoms with Crippen LogP contribution in [0.3, 0.4) is 0 Å². The number of rotatable bonds is 6. The number of aliphatic hydroxyl groups is 1. The second-order valence-electron chi connectivity index (χ2n) is 4.23. The third-order valence-corrected chi connectivity index (χ3v) is 2.90. The highest BCUT2D eigenvalue weighted by molar-refractivity contribution is 5.38. The van der Waals surface area contributed by atoms with Crippen LogP contribution < -0.4 is 0 Å². The van der Waals surface area contributed by atoms with E-state index in [4.69, 9.17) is 4.74 Å². The van der Waals surface area contributed by atoms with Gasteiger partial charge in [0.25, 0.3) is 0 Å². The van der Waals surface area contributed by atoms with Crippen LogP contribution in [-0.4, -0.2) is 31.0 Å². The minimum Gasteiger partial charge on any atom is -0.494 e. The number of allylic oxidation sites excluding steroid dienone is 1. The second-order valence-corrected chi connectivity index (χ2v) is 4.23. The molecule has 0 saturated heterocycles. The smallest absolute Gasteiger partial charge is 0.241 e. The fraction of sp³-hybridized carbons (Fsp3) is 0.615. The predicted molar refractivity (Wildman–Crippen MR) is 66.8 cm³/mol. The fourth-order valence-corrected chi connectivity index (χ4v) is 1.95. The molecule has 102 valence electrons. The Kier molecular flexibility index (Phi) is 5.98. The minimum absolute atomic E-state index is 0.0828. The fourth-order valence-electron chi connectivity index (χ4n) is 1.95. The van der Waals surface area contributed by atoms with E-state index in [1.165, 1.54) is 0 Å². The largest absolute Gasteiger partial charge is 0.494 e. The summed E-state index contributed by atoms with van der Waals surface area (Å²) in [7, 11) is 0. The molecule has 0 bridgehead atoms. The molecule has 0 aromatic rings. The highest BCUT2D eigenvalue weighted by Crippen LogP contribution is 2.29. The van der Waals surface area contributed by atoms with Crippen LogP contribution in [0.4, 0.5) is 8.78 Å². The zero-order valence-electron chi connectivity index (χ0n) is 10.4. The molecule has 1 aliphatic rings. The van der Waals surface area contributed by atoms with Gasteiger partial charge in [0.2, 0.25) is 6.43 Å². The number of nitrogens with zero attached hydrogens (tertiary/aromatic N) is 1. The van der Waals surface area contributed by atoms with Crippen molar-refractivity contribution in [2.75, 3.05) is 6.61 Å². The van der Waals surface area contributed by atoms with Crippen LogP contribution in [0.1, 0.15) is 32.1 Å². The first-order valence-electron chi connectivity index (χ1n) is 6.04. The molecule has 3 nitrogen and oxygen atoms in total. The summed E-state index contributed by atoms with van der Waals surface area (Å²) in [5, 5.41) is 9.87. The summed E-state index contributed by atoms with van der Waals surface area (Å²) in [4.78, 5) is 3.82. The van der Waals surface area contributed by atoms with Crippen molar-refractivity contribution < 1.29 is 18.6 Å². The van der Waals surface area contributed by atoms with E-state index in [1.54, 1.807) is 0 Å². The molecule has 0 aliphatic heterocycles. The minimum atomic E-state index is -2.39. The quantitative estimate of drug-likeness (QED) is 0.588. The number of aliphatic imine (C=N–C) groups is 1. The molecule has 0 fully saturated rings. The molecule has 0 radical (unpaired) electrons. The van der Waals surface area contributed by atoms with Crippen molar-refractivity contribution in [2.24, 2.45) is 4.99 Å². The van der Waals surface area contributed by atoms with Gasteiger partial charge >= 0.3 is 0 Å². The lowest BCUT2D eigenvalue weighted by Crippen LogP contribution is -2.11. The Morgan fingerprint density at radius 3 is 2.83 bits per heavy atom. The summed E-state index contributed by atoms with van der Waals surface area (Å²) < 4.78 is 29.2. The Balaban J connectivity index is 2.69. The van der Waals surface area contributed by atoms with E-state index >= 15 is 0 Å². The molecule has 1 N–H and O–H groups in total. The number of ether oxygens (including phenoxy) is 1. The Labute approximate surface area is 106 Å². The zero-order chi connectivity index (χ0) is 13.5. The van der Waals surface area contributed by atoms with Crippen LogP contribution in [0.2, 0.25) is 0 Å². The lowest BCUT2D eigenvalue weighted by molar-refractivity contribution is 0.0956. The Hall–Kier alpha value is -1.23. The van der Waals surface area contributed by atoms with Gasteiger partial charge in [-0.2, -0.15) is 0 Å². The number of aliphatic hydroxyl groups excluding tert-OH is 1. The van der Waals surface area contributed by atoms with E-state index in [2.05, 4.69) is 18.3 Å². The topological polar surface area (TPSA) is 41.8 Å². The molecule has 0 heterocycles. The summed E-state index contributed by atoms with van der Waals surface area (Å²) >= 11 is 0. The number of halogens is 2. The normalized spacial score (nSPS) is 20.8. The zero-order valence-corrected chi connectivity index (χ0v) is 10.4. The van der Waals surface area contributed by atoms with Gasteiger partial charge in [-0.15, -0.1) is 0 Å². The molecule has 0 amide bonds. The molecule has 1 unspecified atom stereocenters. The van der Waals surface area contributed by atoms with Gasteiger partial charge in [0.15, 0.2) is 0 Å². The molecular weight excluding hydrogens is 240 g/mol. The molecule has 18 heavy (non-hydrogen) atoms. The van der Waals surface area contributed by atoms with Gasteiger partial charge in [-0.3, -0.25) is 4.99 Å². The van der Waals surface area contributed by atoms with E-state index in [1.807, 2.05) is 0 Å². The van der Waals surface area contributed by atoms with Crippen molar-refractivity contribution in [3.63, 3.8) is 0 Å². The summed E-state index contributed by atoms with van der Waals surface area (Å²) in [5.74, 6) is 0.319. The summed E-state index contributed by atoms with van der Waals surface area (Å²) in [6, 6.07) is 0. The van der Waals surface area contributed by atoms with E-state index in [9.17, 15) is 13.9 Å². The van der Waals surface area contributed by atoms with Crippen molar-refractivity contribution >= 4 is 6.72 Å². The standard InChI is InChI=1S/C13H19F2NO2/c1-9(18-8-7-12(14)15)10-5-3-4-6-11(17)13(10)16-2/h11-12,17H,1-8H2. The van der Waals surface area contributed by atoms with Gasteiger partial charge in [0.1, 0.15) is 5.76 Å². The molecule has 0 aromatic carbocycles. The van der Waals surface area contributed by atoms with Gasteiger partial charge in [0.05, 0.1) is 18.4 Å². The molecular formula is C13H19F2NO2. The van der Waals surface area contributed by atoms with Crippen LogP contribution in [0.5, 0.6) is 0 Å². The molecule has 5 heteroatoms. The second kappa shape index (κ2) is 7.26. The third kappa shape index (κ3) is 4.22. The lowest BCUT2D eigenvalue weighted by atomic mass is 10.1. The maximum atomic E-state index is 12.0. The Morgan fingerprint density at radius 2 is 2.22 bits per heavy atom. The number of alkyl halides is 2. The highest BCUT2D eigenvalue weighted by Gasteiger charge is 2.21. The van der Waals surface area contributed by atoms with E-state index < -0.39 is 12.5 Å². The molecule has 0 spiro atoms. The van der Waals surface area contributed by atoms with Crippen LogP contribution in [-0.2, 0) is 4.74 Å². The van der Waals surface area contributed by atoms with Gasteiger partial charge in [-0.25, -0.2) is 8.78 Å². The predicted octanol–water partition coefficient (Wildman–Crippen LogP) is 3.06. The Morgan fingerprint density at radius 1 is 1.50 bits per heavy atom. The van der Waals surface area contributed by atoms with Crippen LogP contribution in [0.25, 0.3) is 0 Å².